The molecule has 2 rings (SSSR count). The van der Waals surface area contributed by atoms with Gasteiger partial charge in [0.15, 0.2) is 0 Å². The second-order valence-electron chi connectivity index (χ2n) is 4.71. The molecule has 1 aromatic carbocycles. The van der Waals surface area contributed by atoms with Gasteiger partial charge in [0.1, 0.15) is 5.75 Å². The molecule has 0 saturated heterocycles. The van der Waals surface area contributed by atoms with E-state index in [9.17, 15) is 0 Å². The van der Waals surface area contributed by atoms with Crippen LogP contribution in [0.1, 0.15) is 11.3 Å². The molecule has 0 fully saturated rings. The molecule has 3 nitrogen and oxygen atoms in total. The fourth-order valence-corrected chi connectivity index (χ4v) is 2.34. The molecule has 0 radical (unpaired) electrons. The zero-order valence-electron chi connectivity index (χ0n) is 11.8. The van der Waals surface area contributed by atoms with Gasteiger partial charge in [0, 0.05) is 28.8 Å². The van der Waals surface area contributed by atoms with Crippen LogP contribution in [0.3, 0.4) is 0 Å². The quantitative estimate of drug-likeness (QED) is 0.880. The minimum Gasteiger partial charge on any atom is -0.497 e. The molecule has 1 unspecified atom stereocenters. The van der Waals surface area contributed by atoms with Crippen molar-refractivity contribution in [2.45, 2.75) is 18.9 Å². The predicted octanol–water partition coefficient (Wildman–Crippen LogP) is 3.23. The number of likely N-dealkylation sites (N-methyl/N-ethyl adjacent to an activating group) is 1. The lowest BCUT2D eigenvalue weighted by molar-refractivity contribution is 0.414. The summed E-state index contributed by atoms with van der Waals surface area (Å²) >= 11 is 3.41. The van der Waals surface area contributed by atoms with E-state index in [0.717, 1.165) is 28.8 Å². The standard InChI is InChI=1S/C16H19BrN2O/c1-18-15(10-14-6-5-13(17)11-19-14)9-12-3-7-16(20-2)8-4-12/h3-8,11,15,18H,9-10H2,1-2H3. The maximum atomic E-state index is 5.18. The molecule has 0 spiro atoms. The predicted molar refractivity (Wildman–Crippen MR) is 85.2 cm³/mol. The van der Waals surface area contributed by atoms with Gasteiger partial charge in [-0.25, -0.2) is 0 Å². The second kappa shape index (κ2) is 7.41. The summed E-state index contributed by atoms with van der Waals surface area (Å²) in [7, 11) is 3.68. The molecule has 0 aliphatic heterocycles. The van der Waals surface area contributed by atoms with Crippen molar-refractivity contribution < 1.29 is 4.74 Å². The average molecular weight is 335 g/mol. The van der Waals surface area contributed by atoms with Gasteiger partial charge in [-0.05, 0) is 59.2 Å². The average Bonchev–Trinajstić information content (AvgIpc) is 2.49. The highest BCUT2D eigenvalue weighted by Crippen LogP contribution is 2.14. The zero-order chi connectivity index (χ0) is 14.4. The molecule has 1 heterocycles. The molecular weight excluding hydrogens is 316 g/mol. The summed E-state index contributed by atoms with van der Waals surface area (Å²) in [5.41, 5.74) is 2.39. The van der Waals surface area contributed by atoms with Crippen molar-refractivity contribution in [1.29, 1.82) is 0 Å². The van der Waals surface area contributed by atoms with Crippen LogP contribution in [0, 0.1) is 0 Å². The van der Waals surface area contributed by atoms with Crippen molar-refractivity contribution in [3.63, 3.8) is 0 Å². The van der Waals surface area contributed by atoms with Crippen LogP contribution >= 0.6 is 15.9 Å². The topological polar surface area (TPSA) is 34.1 Å². The van der Waals surface area contributed by atoms with Crippen molar-refractivity contribution in [1.82, 2.24) is 10.3 Å². The van der Waals surface area contributed by atoms with Gasteiger partial charge in [0.25, 0.3) is 0 Å². The van der Waals surface area contributed by atoms with Gasteiger partial charge in [0.2, 0.25) is 0 Å². The van der Waals surface area contributed by atoms with Gasteiger partial charge in [-0.1, -0.05) is 12.1 Å². The largest absolute Gasteiger partial charge is 0.497 e. The number of aromatic nitrogens is 1. The Hall–Kier alpha value is -1.39. The number of rotatable bonds is 6. The Morgan fingerprint density at radius 3 is 2.45 bits per heavy atom. The molecular formula is C16H19BrN2O. The first-order chi connectivity index (χ1) is 9.71. The highest BCUT2D eigenvalue weighted by atomic mass is 79.9. The minimum absolute atomic E-state index is 0.372. The maximum Gasteiger partial charge on any atom is 0.118 e. The molecule has 4 heteroatoms. The van der Waals surface area contributed by atoms with Crippen molar-refractivity contribution in [2.24, 2.45) is 0 Å². The van der Waals surface area contributed by atoms with Gasteiger partial charge >= 0.3 is 0 Å². The molecule has 1 aromatic heterocycles. The highest BCUT2D eigenvalue weighted by Gasteiger charge is 2.09. The van der Waals surface area contributed by atoms with Crippen LogP contribution in [0.5, 0.6) is 5.75 Å². The number of hydrogen-bond acceptors (Lipinski definition) is 3. The number of ether oxygens (including phenoxy) is 1. The third kappa shape index (κ3) is 4.32. The molecule has 2 aromatic rings. The first-order valence-corrected chi connectivity index (χ1v) is 7.41. The monoisotopic (exact) mass is 334 g/mol. The fourth-order valence-electron chi connectivity index (χ4n) is 2.10. The smallest absolute Gasteiger partial charge is 0.118 e. The maximum absolute atomic E-state index is 5.18. The van der Waals surface area contributed by atoms with E-state index in [-0.39, 0.29) is 0 Å². The molecule has 0 amide bonds. The Balaban J connectivity index is 1.99. The second-order valence-corrected chi connectivity index (χ2v) is 5.63. The summed E-state index contributed by atoms with van der Waals surface area (Å²) in [4.78, 5) is 4.43. The van der Waals surface area contributed by atoms with E-state index in [0.29, 0.717) is 6.04 Å². The Bertz CT molecular complexity index is 525. The van der Waals surface area contributed by atoms with Gasteiger partial charge in [-0.15, -0.1) is 0 Å². The number of pyridine rings is 1. The number of halogens is 1. The van der Waals surface area contributed by atoms with Crippen LogP contribution in [-0.4, -0.2) is 25.2 Å². The summed E-state index contributed by atoms with van der Waals surface area (Å²) < 4.78 is 6.19. The molecule has 0 aliphatic rings. The molecule has 106 valence electrons. The number of methoxy groups -OCH3 is 1. The van der Waals surface area contributed by atoms with Crippen molar-refractivity contribution in [3.8, 4) is 5.75 Å². The lowest BCUT2D eigenvalue weighted by Crippen LogP contribution is -2.30. The van der Waals surface area contributed by atoms with Gasteiger partial charge in [-0.3, -0.25) is 4.98 Å². The number of nitrogens with zero attached hydrogens (tertiary/aromatic N) is 1. The molecule has 1 atom stereocenters. The van der Waals surface area contributed by atoms with Gasteiger partial charge in [-0.2, -0.15) is 0 Å². The van der Waals surface area contributed by atoms with Crippen molar-refractivity contribution in [3.05, 3.63) is 58.3 Å². The van der Waals surface area contributed by atoms with Crippen LogP contribution in [0.4, 0.5) is 0 Å². The third-order valence-corrected chi connectivity index (χ3v) is 3.76. The molecule has 1 N–H and O–H groups in total. The van der Waals surface area contributed by atoms with Crippen LogP contribution in [0.2, 0.25) is 0 Å². The Morgan fingerprint density at radius 2 is 1.90 bits per heavy atom. The molecule has 0 bridgehead atoms. The van der Waals surface area contributed by atoms with Crippen molar-refractivity contribution >= 4 is 15.9 Å². The van der Waals surface area contributed by atoms with E-state index in [4.69, 9.17) is 4.74 Å². The van der Waals surface area contributed by atoms with E-state index in [2.05, 4.69) is 44.4 Å². The van der Waals surface area contributed by atoms with E-state index in [1.807, 2.05) is 31.4 Å². The summed E-state index contributed by atoms with van der Waals surface area (Å²) in [6, 6.07) is 12.7. The Morgan fingerprint density at radius 1 is 1.15 bits per heavy atom. The highest BCUT2D eigenvalue weighted by molar-refractivity contribution is 9.10. The Labute approximate surface area is 128 Å². The lowest BCUT2D eigenvalue weighted by Gasteiger charge is -2.16. The van der Waals surface area contributed by atoms with Crippen LogP contribution in [0.25, 0.3) is 0 Å². The summed E-state index contributed by atoms with van der Waals surface area (Å²) in [5, 5.41) is 3.36. The number of benzene rings is 1. The molecule has 20 heavy (non-hydrogen) atoms. The number of nitrogens with one attached hydrogen (secondary N) is 1. The summed E-state index contributed by atoms with van der Waals surface area (Å²) in [6.45, 7) is 0. The van der Waals surface area contributed by atoms with Crippen LogP contribution in [0.15, 0.2) is 47.1 Å². The molecule has 0 saturated carbocycles. The van der Waals surface area contributed by atoms with E-state index in [1.54, 1.807) is 7.11 Å². The zero-order valence-corrected chi connectivity index (χ0v) is 13.4. The minimum atomic E-state index is 0.372. The van der Waals surface area contributed by atoms with E-state index < -0.39 is 0 Å². The van der Waals surface area contributed by atoms with Crippen LogP contribution in [-0.2, 0) is 12.8 Å². The van der Waals surface area contributed by atoms with Gasteiger partial charge in [0.05, 0.1) is 7.11 Å². The van der Waals surface area contributed by atoms with Gasteiger partial charge < -0.3 is 10.1 Å². The first-order valence-electron chi connectivity index (χ1n) is 6.62. The van der Waals surface area contributed by atoms with Crippen molar-refractivity contribution in [2.75, 3.05) is 14.2 Å². The van der Waals surface area contributed by atoms with E-state index >= 15 is 0 Å². The fraction of sp³-hybridized carbons (Fsp3) is 0.312. The first kappa shape index (κ1) is 15.0. The Kier molecular flexibility index (Phi) is 5.56. The third-order valence-electron chi connectivity index (χ3n) is 3.29. The molecule has 0 aliphatic carbocycles. The normalized spacial score (nSPS) is 12.2. The lowest BCUT2D eigenvalue weighted by atomic mass is 10.0. The summed E-state index contributed by atoms with van der Waals surface area (Å²) in [6.07, 6.45) is 3.73. The van der Waals surface area contributed by atoms with E-state index in [1.165, 1.54) is 5.56 Å². The SMILES string of the molecule is CNC(Cc1ccc(OC)cc1)Cc1ccc(Br)cn1. The van der Waals surface area contributed by atoms with Crippen LogP contribution < -0.4 is 10.1 Å². The summed E-state index contributed by atoms with van der Waals surface area (Å²) in [5.74, 6) is 0.893. The number of hydrogen-bond donors (Lipinski definition) is 1.